The number of anilines is 1. The van der Waals surface area contributed by atoms with E-state index >= 15 is 0 Å². The first kappa shape index (κ1) is 20.8. The minimum Gasteiger partial charge on any atom is -0.503 e. The lowest BCUT2D eigenvalue weighted by atomic mass is 10.1. The van der Waals surface area contributed by atoms with Crippen molar-refractivity contribution in [1.29, 1.82) is 5.26 Å². The van der Waals surface area contributed by atoms with Gasteiger partial charge in [0, 0.05) is 6.42 Å². The predicted molar refractivity (Wildman–Crippen MR) is 107 cm³/mol. The number of methoxy groups -OCH3 is 1. The van der Waals surface area contributed by atoms with Crippen LogP contribution in [-0.4, -0.2) is 23.4 Å². The number of phenols is 1. The molecule has 0 aliphatic carbocycles. The van der Waals surface area contributed by atoms with Crippen LogP contribution < -0.4 is 10.2 Å². The first-order valence-corrected chi connectivity index (χ1v) is 9.63. The molecule has 0 bridgehead atoms. The van der Waals surface area contributed by atoms with Crippen molar-refractivity contribution in [2.24, 2.45) is 5.10 Å². The molecule has 0 saturated carbocycles. The number of unbranched alkanes of at least 4 members (excludes halogenated alkanes) is 4. The molecule has 27 heavy (non-hydrogen) atoms. The maximum Gasteiger partial charge on any atom is 0.252 e. The van der Waals surface area contributed by atoms with Crippen LogP contribution in [0.3, 0.4) is 0 Å². The summed E-state index contributed by atoms with van der Waals surface area (Å²) in [5.41, 5.74) is 3.59. The highest BCUT2D eigenvalue weighted by molar-refractivity contribution is 9.10. The summed E-state index contributed by atoms with van der Waals surface area (Å²) in [6.07, 6.45) is 7.96. The second-order valence-corrected chi connectivity index (χ2v) is 6.84. The number of hydrogen-bond acceptors (Lipinski definition) is 7. The summed E-state index contributed by atoms with van der Waals surface area (Å²) >= 11 is 3.26. The Balaban J connectivity index is 2.00. The summed E-state index contributed by atoms with van der Waals surface area (Å²) in [7, 11) is 1.47. The van der Waals surface area contributed by atoms with E-state index in [2.05, 4.69) is 38.4 Å². The van der Waals surface area contributed by atoms with Gasteiger partial charge >= 0.3 is 0 Å². The number of nitrogens with one attached hydrogen (secondary N) is 1. The lowest BCUT2D eigenvalue weighted by Crippen LogP contribution is -1.93. The standard InChI is InChI=1S/C19H23BrN4O3/c1-3-4-5-6-7-8-17-23-15(11-21)19(27-17)24-22-12-13-9-14(20)18(25)16(10-13)26-2/h9-10,12,24-25H,3-8H2,1-2H3/b22-12-. The molecule has 0 aliphatic rings. The number of oxazole rings is 1. The van der Waals surface area contributed by atoms with Crippen molar-refractivity contribution >= 4 is 28.0 Å². The number of hydrazone groups is 1. The van der Waals surface area contributed by atoms with Crippen molar-refractivity contribution < 1.29 is 14.3 Å². The summed E-state index contributed by atoms with van der Waals surface area (Å²) in [4.78, 5) is 4.20. The van der Waals surface area contributed by atoms with Gasteiger partial charge in [-0.05, 0) is 40.0 Å². The quantitative estimate of drug-likeness (QED) is 0.310. The van der Waals surface area contributed by atoms with Crippen LogP contribution in [0.5, 0.6) is 11.5 Å². The highest BCUT2D eigenvalue weighted by Gasteiger charge is 2.12. The van der Waals surface area contributed by atoms with E-state index in [1.807, 2.05) is 6.07 Å². The molecule has 0 fully saturated rings. The molecular formula is C19H23BrN4O3. The molecule has 0 atom stereocenters. The molecule has 2 rings (SSSR count). The Morgan fingerprint density at radius 2 is 2.15 bits per heavy atom. The van der Waals surface area contributed by atoms with Crippen LogP contribution >= 0.6 is 15.9 Å². The highest BCUT2D eigenvalue weighted by atomic mass is 79.9. The largest absolute Gasteiger partial charge is 0.503 e. The molecule has 1 aromatic carbocycles. The molecule has 8 heteroatoms. The molecule has 7 nitrogen and oxygen atoms in total. The van der Waals surface area contributed by atoms with Gasteiger partial charge in [0.15, 0.2) is 17.4 Å². The van der Waals surface area contributed by atoms with Gasteiger partial charge in [-0.2, -0.15) is 10.4 Å². The first-order valence-electron chi connectivity index (χ1n) is 8.84. The van der Waals surface area contributed by atoms with Crippen LogP contribution in [0.25, 0.3) is 0 Å². The molecule has 144 valence electrons. The van der Waals surface area contributed by atoms with Gasteiger partial charge in [0.25, 0.3) is 5.88 Å². The van der Waals surface area contributed by atoms with Gasteiger partial charge in [-0.15, -0.1) is 0 Å². The van der Waals surface area contributed by atoms with Crippen LogP contribution in [0.2, 0.25) is 0 Å². The third-order valence-corrected chi connectivity index (χ3v) is 4.53. The molecule has 1 aromatic heterocycles. The van der Waals surface area contributed by atoms with Gasteiger partial charge in [0.05, 0.1) is 17.8 Å². The Bertz CT molecular complexity index is 827. The number of ether oxygens (including phenoxy) is 1. The van der Waals surface area contributed by atoms with Crippen LogP contribution in [-0.2, 0) is 6.42 Å². The Hall–Kier alpha value is -2.53. The fourth-order valence-electron chi connectivity index (χ4n) is 2.49. The number of nitrogens with zero attached hydrogens (tertiary/aromatic N) is 3. The number of hydrogen-bond donors (Lipinski definition) is 2. The first-order chi connectivity index (χ1) is 13.1. The second kappa shape index (κ2) is 10.6. The van der Waals surface area contributed by atoms with Crippen molar-refractivity contribution in [2.45, 2.75) is 45.4 Å². The average molecular weight is 435 g/mol. The van der Waals surface area contributed by atoms with Gasteiger partial charge in [-0.25, -0.2) is 10.4 Å². The van der Waals surface area contributed by atoms with Crippen LogP contribution in [0, 0.1) is 11.3 Å². The summed E-state index contributed by atoms with van der Waals surface area (Å²) in [5, 5.41) is 23.1. The lowest BCUT2D eigenvalue weighted by Gasteiger charge is -2.06. The molecule has 0 aliphatic heterocycles. The molecular weight excluding hydrogens is 412 g/mol. The van der Waals surface area contributed by atoms with Crippen molar-refractivity contribution in [3.63, 3.8) is 0 Å². The van der Waals surface area contributed by atoms with Gasteiger partial charge in [-0.3, -0.25) is 0 Å². The summed E-state index contributed by atoms with van der Waals surface area (Å²) in [6, 6.07) is 5.34. The minimum atomic E-state index is 0.0215. The maximum atomic E-state index is 9.82. The third-order valence-electron chi connectivity index (χ3n) is 3.92. The molecule has 0 amide bonds. The Morgan fingerprint density at radius 3 is 2.85 bits per heavy atom. The zero-order valence-electron chi connectivity index (χ0n) is 15.5. The van der Waals surface area contributed by atoms with Gasteiger partial charge in [0.2, 0.25) is 5.69 Å². The van der Waals surface area contributed by atoms with E-state index in [1.54, 1.807) is 12.1 Å². The Kier molecular flexibility index (Phi) is 8.14. The number of nitriles is 1. The monoisotopic (exact) mass is 434 g/mol. The van der Waals surface area contributed by atoms with Gasteiger partial charge < -0.3 is 14.3 Å². The molecule has 0 saturated heterocycles. The van der Waals surface area contributed by atoms with E-state index in [0.29, 0.717) is 28.1 Å². The normalized spacial score (nSPS) is 10.9. The number of aromatic nitrogens is 1. The van der Waals surface area contributed by atoms with E-state index in [0.717, 1.165) is 12.8 Å². The molecule has 2 aromatic rings. The van der Waals surface area contributed by atoms with Gasteiger partial charge in [0.1, 0.15) is 6.07 Å². The number of aromatic hydroxyl groups is 1. The molecule has 0 spiro atoms. The molecule has 0 radical (unpaired) electrons. The molecule has 0 unspecified atom stereocenters. The van der Waals surface area contributed by atoms with Crippen LogP contribution in [0.15, 0.2) is 26.1 Å². The van der Waals surface area contributed by atoms with Crippen LogP contribution in [0.4, 0.5) is 5.88 Å². The molecule has 2 N–H and O–H groups in total. The number of halogens is 1. The number of phenolic OH excluding ortho intramolecular Hbond substituents is 1. The fourth-order valence-corrected chi connectivity index (χ4v) is 2.95. The maximum absolute atomic E-state index is 9.82. The van der Waals surface area contributed by atoms with E-state index in [4.69, 9.17) is 9.15 Å². The predicted octanol–water partition coefficient (Wildman–Crippen LogP) is 4.98. The lowest BCUT2D eigenvalue weighted by molar-refractivity contribution is 0.372. The van der Waals surface area contributed by atoms with E-state index in [1.165, 1.54) is 32.6 Å². The summed E-state index contributed by atoms with van der Waals surface area (Å²) in [5.74, 6) is 1.11. The number of aryl methyl sites for hydroxylation is 1. The second-order valence-electron chi connectivity index (χ2n) is 5.98. The highest BCUT2D eigenvalue weighted by Crippen LogP contribution is 2.34. The minimum absolute atomic E-state index is 0.0215. The van der Waals surface area contributed by atoms with Crippen molar-refractivity contribution in [3.8, 4) is 17.6 Å². The fraction of sp³-hybridized carbons (Fsp3) is 0.421. The van der Waals surface area contributed by atoms with Crippen molar-refractivity contribution in [2.75, 3.05) is 12.5 Å². The zero-order chi connectivity index (χ0) is 19.6. The third kappa shape index (κ3) is 6.00. The molecule has 1 heterocycles. The van der Waals surface area contributed by atoms with Crippen molar-refractivity contribution in [3.05, 3.63) is 33.8 Å². The van der Waals surface area contributed by atoms with Crippen LogP contribution in [0.1, 0.15) is 56.2 Å². The van der Waals surface area contributed by atoms with E-state index in [9.17, 15) is 10.4 Å². The summed E-state index contributed by atoms with van der Waals surface area (Å²) in [6.45, 7) is 2.18. The average Bonchev–Trinajstić information content (AvgIpc) is 3.06. The van der Waals surface area contributed by atoms with E-state index < -0.39 is 0 Å². The smallest absolute Gasteiger partial charge is 0.252 e. The Morgan fingerprint density at radius 1 is 1.37 bits per heavy atom. The topological polar surface area (TPSA) is 104 Å². The SMILES string of the molecule is CCCCCCCc1nc(C#N)c(N/N=C\c2cc(Br)c(O)c(OC)c2)o1. The van der Waals surface area contributed by atoms with Gasteiger partial charge in [-0.1, -0.05) is 32.6 Å². The zero-order valence-corrected chi connectivity index (χ0v) is 17.0. The van der Waals surface area contributed by atoms with E-state index in [-0.39, 0.29) is 17.3 Å². The number of benzene rings is 1. The summed E-state index contributed by atoms with van der Waals surface area (Å²) < 4.78 is 11.2. The Labute approximate surface area is 167 Å². The number of rotatable bonds is 10. The van der Waals surface area contributed by atoms with Crippen molar-refractivity contribution in [1.82, 2.24) is 4.98 Å².